The number of nitrogens with zero attached hydrogens (tertiary/aromatic N) is 5. The predicted molar refractivity (Wildman–Crippen MR) is 91.0 cm³/mol. The summed E-state index contributed by atoms with van der Waals surface area (Å²) >= 11 is 0. The first-order valence-electron chi connectivity index (χ1n) is 7.71. The molecule has 0 spiro atoms. The van der Waals surface area contributed by atoms with Gasteiger partial charge in [-0.2, -0.15) is 10.4 Å². The zero-order chi connectivity index (χ0) is 18.0. The third-order valence-electron chi connectivity index (χ3n) is 3.98. The van der Waals surface area contributed by atoms with Gasteiger partial charge in [-0.3, -0.25) is 18.6 Å². The van der Waals surface area contributed by atoms with Crippen LogP contribution in [0.1, 0.15) is 23.9 Å². The van der Waals surface area contributed by atoms with Crippen LogP contribution in [-0.4, -0.2) is 25.5 Å². The van der Waals surface area contributed by atoms with E-state index in [1.165, 1.54) is 18.7 Å². The van der Waals surface area contributed by atoms with Gasteiger partial charge in [0.15, 0.2) is 5.56 Å². The minimum absolute atomic E-state index is 0.0575. The van der Waals surface area contributed by atoms with Crippen molar-refractivity contribution in [3.8, 4) is 6.07 Å². The number of hydrogen-bond donors (Lipinski definition) is 1. The van der Waals surface area contributed by atoms with Crippen LogP contribution in [0.2, 0.25) is 0 Å². The lowest BCUT2D eigenvalue weighted by Crippen LogP contribution is -2.40. The largest absolute Gasteiger partial charge is 0.370 e. The average molecular weight is 330 g/mol. The van der Waals surface area contributed by atoms with Crippen LogP contribution in [0, 0.1) is 31.1 Å². The summed E-state index contributed by atoms with van der Waals surface area (Å²) in [5, 5.41) is 16.7. The van der Waals surface area contributed by atoms with Crippen molar-refractivity contribution in [2.75, 3.05) is 11.9 Å². The summed E-state index contributed by atoms with van der Waals surface area (Å²) in [5.41, 5.74) is 0.936. The van der Waals surface area contributed by atoms with E-state index in [1.807, 2.05) is 37.6 Å². The van der Waals surface area contributed by atoms with E-state index in [1.54, 1.807) is 0 Å². The Balaban J connectivity index is 2.20. The fourth-order valence-electron chi connectivity index (χ4n) is 2.64. The molecule has 2 aromatic heterocycles. The van der Waals surface area contributed by atoms with Gasteiger partial charge in [-0.05, 0) is 25.8 Å². The van der Waals surface area contributed by atoms with Crippen LogP contribution in [0.25, 0.3) is 0 Å². The molecule has 128 valence electrons. The summed E-state index contributed by atoms with van der Waals surface area (Å²) in [6, 6.07) is 3.90. The first-order valence-corrected chi connectivity index (χ1v) is 7.71. The van der Waals surface area contributed by atoms with Gasteiger partial charge in [-0.25, -0.2) is 4.79 Å². The van der Waals surface area contributed by atoms with Crippen molar-refractivity contribution >= 4 is 5.82 Å². The smallest absolute Gasteiger partial charge is 0.332 e. The van der Waals surface area contributed by atoms with Gasteiger partial charge in [-0.15, -0.1) is 0 Å². The second kappa shape index (κ2) is 6.74. The molecule has 0 aliphatic rings. The lowest BCUT2D eigenvalue weighted by molar-refractivity contribution is 0.457. The molecule has 0 saturated carbocycles. The van der Waals surface area contributed by atoms with Crippen LogP contribution in [0.4, 0.5) is 5.82 Å². The summed E-state index contributed by atoms with van der Waals surface area (Å²) in [6.45, 7) is 7.19. The van der Waals surface area contributed by atoms with Crippen molar-refractivity contribution in [3.63, 3.8) is 0 Å². The Morgan fingerprint density at radius 2 is 1.96 bits per heavy atom. The molecule has 0 saturated heterocycles. The van der Waals surface area contributed by atoms with E-state index in [0.29, 0.717) is 13.1 Å². The number of aromatic nitrogens is 4. The molecule has 24 heavy (non-hydrogen) atoms. The first-order chi connectivity index (χ1) is 11.3. The molecule has 2 aromatic rings. The Morgan fingerprint density at radius 1 is 1.29 bits per heavy atom. The number of hydrogen-bond acceptors (Lipinski definition) is 5. The summed E-state index contributed by atoms with van der Waals surface area (Å²) in [7, 11) is 2.90. The van der Waals surface area contributed by atoms with Crippen LogP contribution in [0.15, 0.2) is 15.7 Å². The molecule has 2 heterocycles. The lowest BCUT2D eigenvalue weighted by atomic mass is 10.1. The van der Waals surface area contributed by atoms with Crippen LogP contribution >= 0.6 is 0 Å². The van der Waals surface area contributed by atoms with E-state index < -0.39 is 11.2 Å². The summed E-state index contributed by atoms with van der Waals surface area (Å²) in [5.74, 6) is 0.444. The van der Waals surface area contributed by atoms with Gasteiger partial charge in [0.1, 0.15) is 11.9 Å². The highest BCUT2D eigenvalue weighted by atomic mass is 16.2. The number of anilines is 1. The molecule has 0 fully saturated rings. The fourth-order valence-corrected chi connectivity index (χ4v) is 2.64. The maximum atomic E-state index is 12.0. The molecule has 0 bridgehead atoms. The van der Waals surface area contributed by atoms with Crippen molar-refractivity contribution in [1.82, 2.24) is 18.9 Å². The Labute approximate surface area is 140 Å². The van der Waals surface area contributed by atoms with Gasteiger partial charge in [0.05, 0.1) is 5.69 Å². The standard InChI is InChI=1S/C16H22N6O2/c1-10(9-22-12(3)6-11(2)19-22)8-18-14-13(7-17)15(23)21(5)16(24)20(14)4/h6,10,18H,8-9H2,1-5H3/t10-/m0/s1. The molecular weight excluding hydrogens is 308 g/mol. The molecule has 0 aliphatic heterocycles. The highest BCUT2D eigenvalue weighted by Gasteiger charge is 2.16. The molecule has 2 rings (SSSR count). The molecule has 0 unspecified atom stereocenters. The maximum Gasteiger partial charge on any atom is 0.332 e. The minimum atomic E-state index is -0.589. The van der Waals surface area contributed by atoms with Gasteiger partial charge >= 0.3 is 5.69 Å². The Bertz CT molecular complexity index is 912. The second-order valence-corrected chi connectivity index (χ2v) is 6.14. The number of nitriles is 1. The zero-order valence-corrected chi connectivity index (χ0v) is 14.6. The van der Waals surface area contributed by atoms with Crippen molar-refractivity contribution in [2.24, 2.45) is 20.0 Å². The minimum Gasteiger partial charge on any atom is -0.370 e. The predicted octanol–water partition coefficient (Wildman–Crippen LogP) is 0.517. The molecule has 0 amide bonds. The zero-order valence-electron chi connectivity index (χ0n) is 14.6. The third-order valence-corrected chi connectivity index (χ3v) is 3.98. The third kappa shape index (κ3) is 3.25. The molecule has 8 nitrogen and oxygen atoms in total. The Kier molecular flexibility index (Phi) is 4.93. The monoisotopic (exact) mass is 330 g/mol. The van der Waals surface area contributed by atoms with Crippen molar-refractivity contribution in [2.45, 2.75) is 27.3 Å². The second-order valence-electron chi connectivity index (χ2n) is 6.14. The Hall–Kier alpha value is -2.82. The highest BCUT2D eigenvalue weighted by molar-refractivity contribution is 5.51. The maximum absolute atomic E-state index is 12.0. The topological polar surface area (TPSA) is 97.6 Å². The summed E-state index contributed by atoms with van der Waals surface area (Å²) < 4.78 is 4.15. The SMILES string of the molecule is Cc1cc(C)n(C[C@@H](C)CNc2c(C#N)c(=O)n(C)c(=O)n2C)n1. The average Bonchev–Trinajstić information content (AvgIpc) is 2.84. The van der Waals surface area contributed by atoms with E-state index in [0.717, 1.165) is 16.0 Å². The van der Waals surface area contributed by atoms with Crippen molar-refractivity contribution < 1.29 is 0 Å². The Morgan fingerprint density at radius 3 is 2.50 bits per heavy atom. The van der Waals surface area contributed by atoms with Crippen LogP contribution < -0.4 is 16.6 Å². The number of rotatable bonds is 5. The van der Waals surface area contributed by atoms with Crippen molar-refractivity contribution in [3.05, 3.63) is 43.9 Å². The number of aryl methyl sites for hydroxylation is 2. The lowest BCUT2D eigenvalue weighted by Gasteiger charge is -2.17. The van der Waals surface area contributed by atoms with Gasteiger partial charge < -0.3 is 5.32 Å². The van der Waals surface area contributed by atoms with E-state index in [9.17, 15) is 14.9 Å². The van der Waals surface area contributed by atoms with Gasteiger partial charge in [0.25, 0.3) is 5.56 Å². The molecule has 1 atom stereocenters. The molecule has 1 N–H and O–H groups in total. The van der Waals surface area contributed by atoms with Crippen molar-refractivity contribution in [1.29, 1.82) is 5.26 Å². The highest BCUT2D eigenvalue weighted by Crippen LogP contribution is 2.10. The molecule has 0 radical (unpaired) electrons. The quantitative estimate of drug-likeness (QED) is 0.862. The summed E-state index contributed by atoms with van der Waals surface area (Å²) in [4.78, 5) is 24.1. The van der Waals surface area contributed by atoms with Crippen LogP contribution in [-0.2, 0) is 20.6 Å². The molecule has 8 heteroatoms. The van der Waals surface area contributed by atoms with Crippen LogP contribution in [0.5, 0.6) is 0 Å². The van der Waals surface area contributed by atoms with Gasteiger partial charge in [0, 0.05) is 32.9 Å². The fraction of sp³-hybridized carbons (Fsp3) is 0.500. The first kappa shape index (κ1) is 17.5. The summed E-state index contributed by atoms with van der Waals surface area (Å²) in [6.07, 6.45) is 0. The van der Waals surface area contributed by atoms with Gasteiger partial charge in [0.2, 0.25) is 0 Å². The van der Waals surface area contributed by atoms with E-state index in [4.69, 9.17) is 0 Å². The normalized spacial score (nSPS) is 12.0. The molecular formula is C16H22N6O2. The van der Waals surface area contributed by atoms with E-state index in [-0.39, 0.29) is 17.3 Å². The van der Waals surface area contributed by atoms with E-state index in [2.05, 4.69) is 10.4 Å². The van der Waals surface area contributed by atoms with E-state index >= 15 is 0 Å². The molecule has 0 aliphatic carbocycles. The van der Waals surface area contributed by atoms with Gasteiger partial charge in [-0.1, -0.05) is 6.92 Å². The van der Waals surface area contributed by atoms with Crippen LogP contribution in [0.3, 0.4) is 0 Å². The molecule has 0 aromatic carbocycles. The number of nitrogens with one attached hydrogen (secondary N) is 1.